The van der Waals surface area contributed by atoms with Gasteiger partial charge in [-0.1, -0.05) is 0 Å². The summed E-state index contributed by atoms with van der Waals surface area (Å²) < 4.78 is 0. The van der Waals surface area contributed by atoms with Crippen LogP contribution in [0.1, 0.15) is 2.85 Å². The fraction of sp³-hybridized carbons (Fsp3) is 0. The van der Waals surface area contributed by atoms with Gasteiger partial charge in [0, 0.05) is 0 Å². The van der Waals surface area contributed by atoms with Crippen molar-refractivity contribution in [3.63, 3.8) is 0 Å². The number of rotatable bonds is 0. The van der Waals surface area contributed by atoms with Gasteiger partial charge >= 0.3 is 82.9 Å². The maximum Gasteiger partial charge on any atom is 1.00 e. The molecule has 0 spiro atoms. The molecule has 0 aromatic heterocycles. The van der Waals surface area contributed by atoms with Crippen molar-refractivity contribution in [1.82, 2.24) is 10.9 Å². The van der Waals surface area contributed by atoms with Crippen molar-refractivity contribution < 1.29 is 91.4 Å². The minimum atomic E-state index is -1.83. The molecule has 0 aliphatic heterocycles. The third kappa shape index (κ3) is 8.48. The van der Waals surface area contributed by atoms with Crippen molar-refractivity contribution >= 4 is 23.8 Å². The Morgan fingerprint density at radius 2 is 1.00 bits per heavy atom. The number of hydrogen-bond acceptors (Lipinski definition) is 4. The first-order chi connectivity index (χ1) is 5.45. The summed E-state index contributed by atoms with van der Waals surface area (Å²) in [4.78, 5) is 39.8. The summed E-state index contributed by atoms with van der Waals surface area (Å²) in [5.74, 6) is -6.71. The van der Waals surface area contributed by atoms with Crippen molar-refractivity contribution in [2.45, 2.75) is 0 Å². The van der Waals surface area contributed by atoms with Crippen LogP contribution in [0.5, 0.6) is 0 Å². The van der Waals surface area contributed by atoms with E-state index in [-0.39, 0.29) is 62.0 Å². The number of carboxylic acid groups (broad SMARTS) is 2. The molecule has 70 valence electrons. The standard InChI is InChI=1S/C4H4N2O6.2Na.2H/c7-1(3(9)10)5-6-2(8)4(11)12;;;;/h(H,5,7)(H,6,8)(H,9,10)(H,11,12);;;;/q;2*+1;2*-1. The molecule has 0 aliphatic rings. The van der Waals surface area contributed by atoms with Crippen molar-refractivity contribution in [1.29, 1.82) is 0 Å². The van der Waals surface area contributed by atoms with E-state index in [0.717, 1.165) is 0 Å². The molecule has 0 aromatic rings. The van der Waals surface area contributed by atoms with Crippen molar-refractivity contribution in [2.75, 3.05) is 0 Å². The van der Waals surface area contributed by atoms with Crippen LogP contribution >= 0.6 is 0 Å². The number of nitrogens with one attached hydrogen (secondary N) is 2. The molecule has 0 atom stereocenters. The Kier molecular flexibility index (Phi) is 13.1. The van der Waals surface area contributed by atoms with E-state index in [1.54, 1.807) is 0 Å². The van der Waals surface area contributed by atoms with Crippen LogP contribution in [0.3, 0.4) is 0 Å². The second kappa shape index (κ2) is 9.44. The SMILES string of the molecule is O=C(O)C(=O)NNC(=O)C(=O)O.[H-].[H-].[Na+].[Na+]. The van der Waals surface area contributed by atoms with Gasteiger partial charge in [-0.15, -0.1) is 0 Å². The Bertz CT molecular complexity index is 237. The monoisotopic (exact) mass is 224 g/mol. The number of hydrogen-bond donors (Lipinski definition) is 4. The number of carboxylic acids is 2. The molecule has 2 amide bonds. The van der Waals surface area contributed by atoms with E-state index in [2.05, 4.69) is 0 Å². The van der Waals surface area contributed by atoms with Gasteiger partial charge in [0.15, 0.2) is 0 Å². The third-order valence-electron chi connectivity index (χ3n) is 0.678. The van der Waals surface area contributed by atoms with Crippen LogP contribution < -0.4 is 70.0 Å². The number of hydrazine groups is 1. The summed E-state index contributed by atoms with van der Waals surface area (Å²) in [6.07, 6.45) is 0. The Morgan fingerprint density at radius 1 is 0.786 bits per heavy atom. The predicted octanol–water partition coefficient (Wildman–Crippen LogP) is -8.46. The number of amides is 2. The zero-order chi connectivity index (χ0) is 9.72. The van der Waals surface area contributed by atoms with Crippen LogP contribution in [0.4, 0.5) is 0 Å². The molecule has 0 unspecified atom stereocenters. The second-order valence-electron chi connectivity index (χ2n) is 1.52. The molecule has 0 aromatic carbocycles. The van der Waals surface area contributed by atoms with E-state index in [1.807, 2.05) is 0 Å². The molecule has 0 bridgehead atoms. The zero-order valence-corrected chi connectivity index (χ0v) is 11.5. The van der Waals surface area contributed by atoms with E-state index in [0.29, 0.717) is 0 Å². The summed E-state index contributed by atoms with van der Waals surface area (Å²) in [6.45, 7) is 0. The molecule has 0 aliphatic carbocycles. The van der Waals surface area contributed by atoms with Crippen LogP contribution in [0.15, 0.2) is 0 Å². The zero-order valence-electron chi connectivity index (χ0n) is 9.53. The first kappa shape index (κ1) is 19.5. The third-order valence-corrected chi connectivity index (χ3v) is 0.678. The van der Waals surface area contributed by atoms with Gasteiger partial charge in [-0.3, -0.25) is 20.4 Å². The Labute approximate surface area is 125 Å². The van der Waals surface area contributed by atoms with Gasteiger partial charge in [0.2, 0.25) is 0 Å². The van der Waals surface area contributed by atoms with E-state index < -0.39 is 23.8 Å². The van der Waals surface area contributed by atoms with Gasteiger partial charge in [0.05, 0.1) is 0 Å². The van der Waals surface area contributed by atoms with Gasteiger partial charge in [-0.25, -0.2) is 9.59 Å². The average Bonchev–Trinajstić information content (AvgIpc) is 1.98. The van der Waals surface area contributed by atoms with Gasteiger partial charge in [-0.2, -0.15) is 0 Å². The van der Waals surface area contributed by atoms with Crippen molar-refractivity contribution in [2.24, 2.45) is 0 Å². The fourth-order valence-electron chi connectivity index (χ4n) is 0.220. The average molecular weight is 224 g/mol. The van der Waals surface area contributed by atoms with Gasteiger partial charge in [0.1, 0.15) is 0 Å². The van der Waals surface area contributed by atoms with E-state index in [9.17, 15) is 19.2 Å². The minimum absolute atomic E-state index is 0. The Balaban J connectivity index is -0.000000101. The molecule has 0 fully saturated rings. The molecule has 4 N–H and O–H groups in total. The largest absolute Gasteiger partial charge is 1.00 e. The quantitative estimate of drug-likeness (QED) is 0.183. The first-order valence-electron chi connectivity index (χ1n) is 2.51. The molecule has 8 nitrogen and oxygen atoms in total. The van der Waals surface area contributed by atoms with Crippen molar-refractivity contribution in [3.05, 3.63) is 0 Å². The summed E-state index contributed by atoms with van der Waals surface area (Å²) in [5, 5.41) is 15.8. The number of aliphatic carboxylic acids is 2. The Morgan fingerprint density at radius 3 is 1.14 bits per heavy atom. The normalized spacial score (nSPS) is 7.14. The summed E-state index contributed by atoms with van der Waals surface area (Å²) in [5.41, 5.74) is 2.69. The van der Waals surface area contributed by atoms with Crippen LogP contribution in [0.2, 0.25) is 0 Å². The molecule has 0 saturated heterocycles. The Hall–Kier alpha value is -0.120. The molecular formula is C4H6N2Na2O6. The molecule has 0 heterocycles. The molecule has 0 radical (unpaired) electrons. The maximum absolute atomic E-state index is 10.2. The minimum Gasteiger partial charge on any atom is -1.00 e. The number of carbonyl (C=O) groups excluding carboxylic acids is 2. The summed E-state index contributed by atoms with van der Waals surface area (Å²) >= 11 is 0. The molecule has 10 heteroatoms. The summed E-state index contributed by atoms with van der Waals surface area (Å²) in [6, 6.07) is 0. The van der Waals surface area contributed by atoms with E-state index in [4.69, 9.17) is 10.2 Å². The topological polar surface area (TPSA) is 133 Å². The summed E-state index contributed by atoms with van der Waals surface area (Å²) in [7, 11) is 0. The molecule has 0 rings (SSSR count). The van der Waals surface area contributed by atoms with Crippen LogP contribution in [-0.4, -0.2) is 34.0 Å². The second-order valence-corrected chi connectivity index (χ2v) is 1.52. The van der Waals surface area contributed by atoms with Gasteiger partial charge in [-0.05, 0) is 0 Å². The van der Waals surface area contributed by atoms with Crippen molar-refractivity contribution in [3.8, 4) is 0 Å². The molecule has 0 saturated carbocycles. The maximum atomic E-state index is 10.2. The van der Waals surface area contributed by atoms with E-state index in [1.165, 1.54) is 10.9 Å². The first-order valence-corrected chi connectivity index (χ1v) is 2.51. The fourth-order valence-corrected chi connectivity index (χ4v) is 0.220. The van der Waals surface area contributed by atoms with Crippen LogP contribution in [0, 0.1) is 0 Å². The van der Waals surface area contributed by atoms with Crippen LogP contribution in [-0.2, 0) is 19.2 Å². The van der Waals surface area contributed by atoms with E-state index >= 15 is 0 Å². The molecule has 14 heavy (non-hydrogen) atoms. The molecular weight excluding hydrogens is 218 g/mol. The van der Waals surface area contributed by atoms with Gasteiger partial charge < -0.3 is 13.1 Å². The smallest absolute Gasteiger partial charge is 1.00 e. The van der Waals surface area contributed by atoms with Gasteiger partial charge in [0.25, 0.3) is 0 Å². The number of carbonyl (C=O) groups is 4. The van der Waals surface area contributed by atoms with Crippen LogP contribution in [0.25, 0.3) is 0 Å². The predicted molar refractivity (Wildman–Crippen MR) is 33.8 cm³/mol.